The van der Waals surface area contributed by atoms with E-state index in [1.54, 1.807) is 6.20 Å². The molecule has 4 nitrogen and oxygen atoms in total. The van der Waals surface area contributed by atoms with Gasteiger partial charge in [0.1, 0.15) is 11.9 Å². The fourth-order valence-corrected chi connectivity index (χ4v) is 2.52. The smallest absolute Gasteiger partial charge is 0.146 e. The van der Waals surface area contributed by atoms with Gasteiger partial charge in [-0.2, -0.15) is 5.26 Å². The van der Waals surface area contributed by atoms with Gasteiger partial charge in [0.15, 0.2) is 0 Å². The monoisotopic (exact) mass is 245 g/mol. The Morgan fingerprint density at radius 2 is 2.17 bits per heavy atom. The van der Waals surface area contributed by atoms with Crippen LogP contribution in [0.4, 0.5) is 5.82 Å². The van der Waals surface area contributed by atoms with E-state index in [-0.39, 0.29) is 6.10 Å². The maximum absolute atomic E-state index is 9.59. The normalized spacial score (nSPS) is 18.4. The number of piperidine rings is 1. The van der Waals surface area contributed by atoms with E-state index in [2.05, 4.69) is 16.0 Å². The topological polar surface area (TPSA) is 60.1 Å². The predicted molar refractivity (Wildman–Crippen MR) is 70.3 cm³/mol. The fraction of sp³-hybridized carbons (Fsp3) is 0.571. The lowest BCUT2D eigenvalue weighted by molar-refractivity contribution is 0.110. The summed E-state index contributed by atoms with van der Waals surface area (Å²) in [4.78, 5) is 6.50. The first-order chi connectivity index (χ1) is 8.63. The zero-order valence-electron chi connectivity index (χ0n) is 10.9. The Morgan fingerprint density at radius 3 is 2.72 bits per heavy atom. The second-order valence-electron chi connectivity index (χ2n) is 5.00. The van der Waals surface area contributed by atoms with E-state index >= 15 is 0 Å². The SMILES string of the molecule is Cc1ccnc(N2CCC(C(C)O)CC2)c1C#N. The summed E-state index contributed by atoms with van der Waals surface area (Å²) < 4.78 is 0. The molecule has 96 valence electrons. The molecule has 0 aromatic carbocycles. The molecule has 2 heterocycles. The van der Waals surface area contributed by atoms with E-state index in [1.807, 2.05) is 19.9 Å². The molecule has 0 amide bonds. The Hall–Kier alpha value is -1.60. The molecule has 0 aliphatic carbocycles. The minimum absolute atomic E-state index is 0.243. The first-order valence-corrected chi connectivity index (χ1v) is 6.42. The van der Waals surface area contributed by atoms with E-state index < -0.39 is 0 Å². The van der Waals surface area contributed by atoms with Crippen LogP contribution >= 0.6 is 0 Å². The highest BCUT2D eigenvalue weighted by Crippen LogP contribution is 2.27. The first-order valence-electron chi connectivity index (χ1n) is 6.42. The third-order valence-corrected chi connectivity index (χ3v) is 3.77. The molecular formula is C14H19N3O. The van der Waals surface area contributed by atoms with Gasteiger partial charge >= 0.3 is 0 Å². The molecule has 1 aliphatic heterocycles. The second-order valence-corrected chi connectivity index (χ2v) is 5.00. The van der Waals surface area contributed by atoms with Crippen LogP contribution in [0.15, 0.2) is 12.3 Å². The summed E-state index contributed by atoms with van der Waals surface area (Å²) in [6.07, 6.45) is 3.43. The highest BCUT2D eigenvalue weighted by molar-refractivity contribution is 5.57. The highest BCUT2D eigenvalue weighted by atomic mass is 16.3. The molecule has 1 fully saturated rings. The predicted octanol–water partition coefficient (Wildman–Crippen LogP) is 1.86. The van der Waals surface area contributed by atoms with E-state index in [0.29, 0.717) is 11.5 Å². The summed E-state index contributed by atoms with van der Waals surface area (Å²) in [6, 6.07) is 4.11. The van der Waals surface area contributed by atoms with Crippen molar-refractivity contribution >= 4 is 5.82 Å². The lowest BCUT2D eigenvalue weighted by atomic mass is 9.92. The molecule has 18 heavy (non-hydrogen) atoms. The Kier molecular flexibility index (Phi) is 3.83. The van der Waals surface area contributed by atoms with Gasteiger partial charge in [-0.1, -0.05) is 0 Å². The largest absolute Gasteiger partial charge is 0.393 e. The number of nitrogens with zero attached hydrogens (tertiary/aromatic N) is 3. The van der Waals surface area contributed by atoms with Gasteiger partial charge in [-0.15, -0.1) is 0 Å². The molecule has 0 saturated carbocycles. The van der Waals surface area contributed by atoms with Crippen LogP contribution < -0.4 is 4.90 Å². The third-order valence-electron chi connectivity index (χ3n) is 3.77. The van der Waals surface area contributed by atoms with Crippen molar-refractivity contribution in [1.82, 2.24) is 4.98 Å². The number of anilines is 1. The van der Waals surface area contributed by atoms with Gasteiger partial charge in [-0.3, -0.25) is 0 Å². The maximum atomic E-state index is 9.59. The molecule has 1 atom stereocenters. The molecule has 1 aromatic heterocycles. The zero-order chi connectivity index (χ0) is 13.1. The number of aryl methyl sites for hydroxylation is 1. The molecule has 4 heteroatoms. The summed E-state index contributed by atoms with van der Waals surface area (Å²) in [5.74, 6) is 1.16. The van der Waals surface area contributed by atoms with E-state index in [1.165, 1.54) is 0 Å². The van der Waals surface area contributed by atoms with Crippen LogP contribution in [0.5, 0.6) is 0 Å². The average molecular weight is 245 g/mol. The van der Waals surface area contributed by atoms with Crippen molar-refractivity contribution in [2.75, 3.05) is 18.0 Å². The van der Waals surface area contributed by atoms with Crippen LogP contribution in [0, 0.1) is 24.2 Å². The summed E-state index contributed by atoms with van der Waals surface area (Å²) >= 11 is 0. The number of rotatable bonds is 2. The molecule has 0 bridgehead atoms. The van der Waals surface area contributed by atoms with Crippen molar-refractivity contribution in [2.24, 2.45) is 5.92 Å². The van der Waals surface area contributed by atoms with Crippen molar-refractivity contribution < 1.29 is 5.11 Å². The molecule has 1 aliphatic rings. The molecule has 2 rings (SSSR count). The summed E-state index contributed by atoms with van der Waals surface area (Å²) in [5.41, 5.74) is 1.65. The lowest BCUT2D eigenvalue weighted by Gasteiger charge is -2.34. The minimum atomic E-state index is -0.243. The van der Waals surface area contributed by atoms with Gasteiger partial charge in [-0.25, -0.2) is 4.98 Å². The standard InChI is InChI=1S/C14H19N3O/c1-10-3-6-16-14(13(10)9-15)17-7-4-12(5-8-17)11(2)18/h3,6,11-12,18H,4-5,7-8H2,1-2H3. The summed E-state index contributed by atoms with van der Waals surface area (Å²) in [7, 11) is 0. The van der Waals surface area contributed by atoms with E-state index in [9.17, 15) is 10.4 Å². The number of pyridine rings is 1. The Labute approximate surface area is 108 Å². The third kappa shape index (κ3) is 2.46. The number of hydrogen-bond acceptors (Lipinski definition) is 4. The summed E-state index contributed by atoms with van der Waals surface area (Å²) in [5, 5.41) is 18.8. The molecule has 1 aromatic rings. The van der Waals surface area contributed by atoms with Gasteiger partial charge in [0.2, 0.25) is 0 Å². The van der Waals surface area contributed by atoms with Crippen molar-refractivity contribution in [3.63, 3.8) is 0 Å². The Morgan fingerprint density at radius 1 is 1.50 bits per heavy atom. The van der Waals surface area contributed by atoms with Gasteiger partial charge in [0.25, 0.3) is 0 Å². The number of aliphatic hydroxyl groups excluding tert-OH is 1. The number of hydrogen-bond donors (Lipinski definition) is 1. The molecule has 1 N–H and O–H groups in total. The molecular weight excluding hydrogens is 226 g/mol. The Balaban J connectivity index is 2.15. The highest BCUT2D eigenvalue weighted by Gasteiger charge is 2.24. The van der Waals surface area contributed by atoms with Crippen LogP contribution in [0.3, 0.4) is 0 Å². The van der Waals surface area contributed by atoms with Gasteiger partial charge < -0.3 is 10.0 Å². The van der Waals surface area contributed by atoms with Crippen LogP contribution in [0.1, 0.15) is 30.9 Å². The molecule has 1 saturated heterocycles. The van der Waals surface area contributed by atoms with Gasteiger partial charge in [0, 0.05) is 19.3 Å². The number of nitriles is 1. The molecule has 1 unspecified atom stereocenters. The fourth-order valence-electron chi connectivity index (χ4n) is 2.52. The maximum Gasteiger partial charge on any atom is 0.146 e. The Bertz CT molecular complexity index is 457. The van der Waals surface area contributed by atoms with Gasteiger partial charge in [-0.05, 0) is 44.2 Å². The quantitative estimate of drug-likeness (QED) is 0.864. The van der Waals surface area contributed by atoms with Crippen LogP contribution in [0.2, 0.25) is 0 Å². The van der Waals surface area contributed by atoms with Crippen molar-refractivity contribution in [3.05, 3.63) is 23.4 Å². The number of aromatic nitrogens is 1. The zero-order valence-corrected chi connectivity index (χ0v) is 10.9. The van der Waals surface area contributed by atoms with Crippen molar-refractivity contribution in [1.29, 1.82) is 5.26 Å². The minimum Gasteiger partial charge on any atom is -0.393 e. The van der Waals surface area contributed by atoms with Crippen molar-refractivity contribution in [3.8, 4) is 6.07 Å². The average Bonchev–Trinajstić information content (AvgIpc) is 2.38. The van der Waals surface area contributed by atoms with Crippen molar-refractivity contribution in [2.45, 2.75) is 32.8 Å². The van der Waals surface area contributed by atoms with Crippen LogP contribution in [-0.4, -0.2) is 29.3 Å². The second kappa shape index (κ2) is 5.36. The van der Waals surface area contributed by atoms with Gasteiger partial charge in [0.05, 0.1) is 11.7 Å². The van der Waals surface area contributed by atoms with Crippen LogP contribution in [-0.2, 0) is 0 Å². The summed E-state index contributed by atoms with van der Waals surface area (Å²) in [6.45, 7) is 5.51. The lowest BCUT2D eigenvalue weighted by Crippen LogP contribution is -2.37. The van der Waals surface area contributed by atoms with E-state index in [4.69, 9.17) is 0 Å². The van der Waals surface area contributed by atoms with Crippen LogP contribution in [0.25, 0.3) is 0 Å². The number of aliphatic hydroxyl groups is 1. The molecule has 0 spiro atoms. The van der Waals surface area contributed by atoms with E-state index in [0.717, 1.165) is 37.3 Å². The molecule has 0 radical (unpaired) electrons. The first kappa shape index (κ1) is 12.8.